The number of carbonyl (C=O) groups is 1. The molecule has 1 atom stereocenters. The second-order valence-electron chi connectivity index (χ2n) is 7.36. The van der Waals surface area contributed by atoms with E-state index >= 15 is 0 Å². The van der Waals surface area contributed by atoms with Crippen molar-refractivity contribution in [2.45, 2.75) is 49.9 Å². The van der Waals surface area contributed by atoms with Crippen LogP contribution in [0.25, 0.3) is 6.08 Å². The first-order chi connectivity index (χ1) is 12.1. The predicted molar refractivity (Wildman–Crippen MR) is 93.2 cm³/mol. The van der Waals surface area contributed by atoms with Crippen LogP contribution in [0.4, 0.5) is 5.82 Å². The minimum atomic E-state index is -0.991. The van der Waals surface area contributed by atoms with E-state index in [1.54, 1.807) is 12.4 Å². The summed E-state index contributed by atoms with van der Waals surface area (Å²) in [7, 11) is 0. The van der Waals surface area contributed by atoms with E-state index < -0.39 is 5.97 Å². The Hall–Kier alpha value is -1.99. The van der Waals surface area contributed by atoms with Gasteiger partial charge in [0.15, 0.2) is 0 Å². The smallest absolute Gasteiger partial charge is 0.328 e. The number of rotatable bonds is 6. The lowest BCUT2D eigenvalue weighted by atomic mass is 9.88. The van der Waals surface area contributed by atoms with Gasteiger partial charge in [0.2, 0.25) is 0 Å². The molecule has 1 aromatic heterocycles. The molecule has 2 bridgehead atoms. The van der Waals surface area contributed by atoms with Gasteiger partial charge in [-0.3, -0.25) is 9.88 Å². The summed E-state index contributed by atoms with van der Waals surface area (Å²) < 4.78 is 6.20. The molecule has 0 aliphatic carbocycles. The second kappa shape index (κ2) is 6.72. The number of aromatic nitrogens is 2. The average molecular weight is 344 g/mol. The highest BCUT2D eigenvalue weighted by molar-refractivity contribution is 5.84. The van der Waals surface area contributed by atoms with E-state index in [1.165, 1.54) is 31.8 Å². The van der Waals surface area contributed by atoms with Crippen LogP contribution in [0.2, 0.25) is 0 Å². The number of carboxylic acid groups (broad SMARTS) is 1. The molecule has 0 saturated carbocycles. The van der Waals surface area contributed by atoms with Gasteiger partial charge >= 0.3 is 5.97 Å². The second-order valence-corrected chi connectivity index (χ2v) is 7.36. The molecule has 7 nitrogen and oxygen atoms in total. The Morgan fingerprint density at radius 2 is 2.20 bits per heavy atom. The molecule has 0 spiro atoms. The van der Waals surface area contributed by atoms with Crippen molar-refractivity contribution in [1.29, 1.82) is 0 Å². The largest absolute Gasteiger partial charge is 0.478 e. The molecule has 4 rings (SSSR count). The quantitative estimate of drug-likeness (QED) is 0.761. The van der Waals surface area contributed by atoms with Gasteiger partial charge in [-0.15, -0.1) is 0 Å². The maximum absolute atomic E-state index is 10.5. The zero-order valence-corrected chi connectivity index (χ0v) is 14.2. The van der Waals surface area contributed by atoms with E-state index in [9.17, 15) is 4.79 Å². The highest BCUT2D eigenvalue weighted by Crippen LogP contribution is 2.44. The van der Waals surface area contributed by atoms with E-state index in [0.29, 0.717) is 17.8 Å². The van der Waals surface area contributed by atoms with Gasteiger partial charge in [-0.05, 0) is 38.2 Å². The lowest BCUT2D eigenvalue weighted by Gasteiger charge is -2.30. The Morgan fingerprint density at radius 3 is 2.84 bits per heavy atom. The van der Waals surface area contributed by atoms with Crippen LogP contribution in [0.3, 0.4) is 0 Å². The minimum absolute atomic E-state index is 0.123. The van der Waals surface area contributed by atoms with Crippen LogP contribution in [-0.4, -0.2) is 63.3 Å². The molecule has 3 saturated heterocycles. The van der Waals surface area contributed by atoms with E-state index in [2.05, 4.69) is 20.2 Å². The first-order valence-corrected chi connectivity index (χ1v) is 9.00. The molecule has 4 heterocycles. The molecule has 1 aromatic rings. The van der Waals surface area contributed by atoms with Gasteiger partial charge in [0.05, 0.1) is 29.8 Å². The van der Waals surface area contributed by atoms with Crippen LogP contribution >= 0.6 is 0 Å². The summed E-state index contributed by atoms with van der Waals surface area (Å²) in [4.78, 5) is 21.6. The third-order valence-electron chi connectivity index (χ3n) is 5.47. The Balaban J connectivity index is 1.28. The molecular weight excluding hydrogens is 320 g/mol. The average Bonchev–Trinajstić information content (AvgIpc) is 3.31. The normalized spacial score (nSPS) is 31.8. The molecule has 0 radical (unpaired) electrons. The van der Waals surface area contributed by atoms with Gasteiger partial charge in [-0.1, -0.05) is 0 Å². The van der Waals surface area contributed by atoms with Gasteiger partial charge in [0, 0.05) is 31.8 Å². The van der Waals surface area contributed by atoms with E-state index in [4.69, 9.17) is 9.84 Å². The summed E-state index contributed by atoms with van der Waals surface area (Å²) in [5.41, 5.74) is 0.659. The van der Waals surface area contributed by atoms with Crippen molar-refractivity contribution in [3.8, 4) is 0 Å². The summed E-state index contributed by atoms with van der Waals surface area (Å²) in [5, 5.41) is 12.1. The van der Waals surface area contributed by atoms with Crippen molar-refractivity contribution in [2.75, 3.05) is 25.0 Å². The molecule has 2 N–H and O–H groups in total. The van der Waals surface area contributed by atoms with Crippen molar-refractivity contribution in [3.05, 3.63) is 24.2 Å². The third kappa shape index (κ3) is 3.82. The molecule has 7 heteroatoms. The fourth-order valence-corrected chi connectivity index (χ4v) is 4.27. The van der Waals surface area contributed by atoms with E-state index in [-0.39, 0.29) is 5.60 Å². The van der Waals surface area contributed by atoms with Crippen LogP contribution < -0.4 is 5.32 Å². The third-order valence-corrected chi connectivity index (χ3v) is 5.47. The van der Waals surface area contributed by atoms with Crippen molar-refractivity contribution in [3.63, 3.8) is 0 Å². The molecule has 3 aliphatic rings. The molecule has 3 aliphatic heterocycles. The van der Waals surface area contributed by atoms with Crippen LogP contribution in [-0.2, 0) is 9.53 Å². The number of anilines is 1. The van der Waals surface area contributed by atoms with Crippen molar-refractivity contribution in [1.82, 2.24) is 14.9 Å². The number of fused-ring (bicyclic) bond motifs is 2. The highest BCUT2D eigenvalue weighted by Gasteiger charge is 2.47. The number of ether oxygens (including phenoxy) is 1. The van der Waals surface area contributed by atoms with Crippen molar-refractivity contribution < 1.29 is 14.6 Å². The SMILES string of the molecule is O=C(O)C=Cc1cnc(N[C@@H]2CCN(CC34CCC(CC3)O4)C2)cn1. The van der Waals surface area contributed by atoms with Crippen molar-refractivity contribution in [2.24, 2.45) is 0 Å². The zero-order valence-electron chi connectivity index (χ0n) is 14.2. The Bertz CT molecular complexity index is 653. The van der Waals surface area contributed by atoms with Crippen LogP contribution in [0.1, 0.15) is 37.8 Å². The molecule has 134 valence electrons. The predicted octanol–water partition coefficient (Wildman–Crippen LogP) is 1.77. The zero-order chi connectivity index (χ0) is 17.3. The number of carboxylic acids is 1. The maximum Gasteiger partial charge on any atom is 0.328 e. The topological polar surface area (TPSA) is 87.6 Å². The summed E-state index contributed by atoms with van der Waals surface area (Å²) in [6, 6.07) is 0.365. The highest BCUT2D eigenvalue weighted by atomic mass is 16.5. The van der Waals surface area contributed by atoms with E-state index in [1.807, 2.05) is 0 Å². The van der Waals surface area contributed by atoms with Gasteiger partial charge in [0.25, 0.3) is 0 Å². The van der Waals surface area contributed by atoms with Crippen LogP contribution in [0.5, 0.6) is 0 Å². The summed E-state index contributed by atoms with van der Waals surface area (Å²) in [6.07, 6.45) is 12.2. The standard InChI is InChI=1S/C18H24N4O3/c23-17(24)2-1-13-9-20-16(10-19-13)21-14-5-8-22(11-14)12-18-6-3-15(25-18)4-7-18/h1-2,9-10,14-15H,3-8,11-12H2,(H,20,21)(H,23,24)/t14-,15?,18?/m1/s1. The Kier molecular flexibility index (Phi) is 4.43. The Morgan fingerprint density at radius 1 is 1.36 bits per heavy atom. The Labute approximate surface area is 147 Å². The maximum atomic E-state index is 10.5. The van der Waals surface area contributed by atoms with Gasteiger partial charge in [-0.25, -0.2) is 9.78 Å². The summed E-state index contributed by atoms with van der Waals surface area (Å²) in [5.74, 6) is -0.259. The van der Waals surface area contributed by atoms with Crippen LogP contribution in [0, 0.1) is 0 Å². The number of nitrogens with zero attached hydrogens (tertiary/aromatic N) is 3. The molecule has 0 amide bonds. The fourth-order valence-electron chi connectivity index (χ4n) is 4.27. The number of nitrogens with one attached hydrogen (secondary N) is 1. The number of aliphatic carboxylic acids is 1. The van der Waals surface area contributed by atoms with Crippen molar-refractivity contribution >= 4 is 17.9 Å². The fraction of sp³-hybridized carbons (Fsp3) is 0.611. The molecular formula is C18H24N4O3. The number of hydrogen-bond acceptors (Lipinski definition) is 6. The van der Waals surface area contributed by atoms with Gasteiger partial charge in [0.1, 0.15) is 5.82 Å². The molecule has 0 unspecified atom stereocenters. The molecule has 0 aromatic carbocycles. The first-order valence-electron chi connectivity index (χ1n) is 9.00. The number of hydrogen-bond donors (Lipinski definition) is 2. The summed E-state index contributed by atoms with van der Waals surface area (Å²) in [6.45, 7) is 3.13. The van der Waals surface area contributed by atoms with E-state index in [0.717, 1.165) is 37.9 Å². The minimum Gasteiger partial charge on any atom is -0.478 e. The summed E-state index contributed by atoms with van der Waals surface area (Å²) >= 11 is 0. The molecule has 25 heavy (non-hydrogen) atoms. The molecule has 3 fully saturated rings. The first kappa shape index (κ1) is 16.5. The van der Waals surface area contributed by atoms with Crippen LogP contribution in [0.15, 0.2) is 18.5 Å². The van der Waals surface area contributed by atoms with Gasteiger partial charge < -0.3 is 15.2 Å². The monoisotopic (exact) mass is 344 g/mol. The lowest BCUT2D eigenvalue weighted by Crippen LogP contribution is -2.41. The van der Waals surface area contributed by atoms with Gasteiger partial charge in [-0.2, -0.15) is 0 Å². The number of likely N-dealkylation sites (tertiary alicyclic amines) is 1. The lowest BCUT2D eigenvalue weighted by molar-refractivity contribution is -0.131.